The quantitative estimate of drug-likeness (QED) is 0.856. The lowest BCUT2D eigenvalue weighted by Gasteiger charge is -2.39. The number of hydrogen-bond donors (Lipinski definition) is 1. The van der Waals surface area contributed by atoms with Crippen LogP contribution in [0, 0.1) is 0 Å². The molecule has 0 saturated carbocycles. The molecule has 1 N–H and O–H groups in total. The first-order valence-electron chi connectivity index (χ1n) is 6.86. The molecule has 2 rings (SSSR count). The number of amides is 1. The minimum absolute atomic E-state index is 0.270. The second-order valence-corrected chi connectivity index (χ2v) is 5.19. The van der Waals surface area contributed by atoms with Gasteiger partial charge in [-0.2, -0.15) is 0 Å². The fraction of sp³-hybridized carbons (Fsp3) is 0.533. The number of hydrogen-bond acceptors (Lipinski definition) is 4. The zero-order valence-electron chi connectivity index (χ0n) is 12.1. The van der Waals surface area contributed by atoms with E-state index in [9.17, 15) is 4.79 Å². The number of benzene rings is 1. The minimum atomic E-state index is -0.597. The van der Waals surface area contributed by atoms with E-state index in [1.165, 1.54) is 0 Å². The number of piperidine rings is 1. The molecule has 0 radical (unpaired) electrons. The highest BCUT2D eigenvalue weighted by molar-refractivity contribution is 5.68. The van der Waals surface area contributed by atoms with E-state index in [0.29, 0.717) is 0 Å². The van der Waals surface area contributed by atoms with Crippen molar-refractivity contribution in [3.63, 3.8) is 0 Å². The number of methoxy groups -OCH3 is 1. The van der Waals surface area contributed by atoms with E-state index < -0.39 is 11.8 Å². The molecule has 1 aromatic carbocycles. The minimum Gasteiger partial charge on any atom is -0.445 e. The van der Waals surface area contributed by atoms with Gasteiger partial charge in [0.05, 0.1) is 0 Å². The monoisotopic (exact) mass is 278 g/mol. The van der Waals surface area contributed by atoms with Crippen molar-refractivity contribution in [3.8, 4) is 0 Å². The summed E-state index contributed by atoms with van der Waals surface area (Å²) in [5, 5.41) is 2.86. The summed E-state index contributed by atoms with van der Waals surface area (Å²) in [6.45, 7) is 2.06. The number of likely N-dealkylation sites (tertiary alicyclic amines) is 1. The van der Waals surface area contributed by atoms with Gasteiger partial charge in [-0.3, -0.25) is 5.32 Å². The van der Waals surface area contributed by atoms with E-state index in [1.807, 2.05) is 30.3 Å². The summed E-state index contributed by atoms with van der Waals surface area (Å²) < 4.78 is 10.8. The van der Waals surface area contributed by atoms with Gasteiger partial charge in [0.1, 0.15) is 12.3 Å². The van der Waals surface area contributed by atoms with Gasteiger partial charge in [0.15, 0.2) is 0 Å². The number of carbonyl (C=O) groups excluding carboxylic acids is 1. The van der Waals surface area contributed by atoms with E-state index in [4.69, 9.17) is 9.47 Å². The first kappa shape index (κ1) is 14.8. The lowest BCUT2D eigenvalue weighted by Crippen LogP contribution is -2.56. The zero-order valence-corrected chi connectivity index (χ0v) is 12.1. The van der Waals surface area contributed by atoms with Gasteiger partial charge < -0.3 is 14.4 Å². The van der Waals surface area contributed by atoms with E-state index in [1.54, 1.807) is 7.11 Å². The maximum absolute atomic E-state index is 11.9. The van der Waals surface area contributed by atoms with Crippen LogP contribution in [-0.4, -0.2) is 44.0 Å². The van der Waals surface area contributed by atoms with Crippen molar-refractivity contribution in [1.29, 1.82) is 0 Å². The maximum atomic E-state index is 11.9. The molecule has 20 heavy (non-hydrogen) atoms. The first-order chi connectivity index (χ1) is 9.63. The van der Waals surface area contributed by atoms with Gasteiger partial charge in [-0.25, -0.2) is 4.79 Å². The largest absolute Gasteiger partial charge is 0.445 e. The lowest BCUT2D eigenvalue weighted by molar-refractivity contribution is -0.0750. The second kappa shape index (κ2) is 6.72. The predicted molar refractivity (Wildman–Crippen MR) is 76.2 cm³/mol. The Morgan fingerprint density at radius 2 is 1.95 bits per heavy atom. The van der Waals surface area contributed by atoms with Crippen LogP contribution in [0.3, 0.4) is 0 Å². The number of nitrogens with one attached hydrogen (secondary N) is 1. The number of carbonyl (C=O) groups is 1. The molecule has 0 aliphatic carbocycles. The van der Waals surface area contributed by atoms with Gasteiger partial charge in [0.25, 0.3) is 0 Å². The van der Waals surface area contributed by atoms with Gasteiger partial charge in [-0.1, -0.05) is 30.3 Å². The SMILES string of the molecule is COC1(NC(=O)OCc2ccccc2)CCN(C)CC1. The Labute approximate surface area is 119 Å². The van der Waals surface area contributed by atoms with Crippen LogP contribution in [0.1, 0.15) is 18.4 Å². The molecule has 1 amide bonds. The summed E-state index contributed by atoms with van der Waals surface area (Å²) in [6.07, 6.45) is 1.10. The van der Waals surface area contributed by atoms with Crippen LogP contribution in [-0.2, 0) is 16.1 Å². The van der Waals surface area contributed by atoms with Crippen molar-refractivity contribution in [3.05, 3.63) is 35.9 Å². The summed E-state index contributed by atoms with van der Waals surface area (Å²) >= 11 is 0. The van der Waals surface area contributed by atoms with E-state index in [0.717, 1.165) is 31.5 Å². The first-order valence-corrected chi connectivity index (χ1v) is 6.86. The van der Waals surface area contributed by atoms with Crippen molar-refractivity contribution in [1.82, 2.24) is 10.2 Å². The third kappa shape index (κ3) is 3.95. The smallest absolute Gasteiger partial charge is 0.409 e. The number of alkyl carbamates (subject to hydrolysis) is 1. The van der Waals surface area contributed by atoms with Crippen molar-refractivity contribution in [2.75, 3.05) is 27.2 Å². The molecule has 1 fully saturated rings. The summed E-state index contributed by atoms with van der Waals surface area (Å²) in [4.78, 5) is 14.1. The number of rotatable bonds is 4. The van der Waals surface area contributed by atoms with Gasteiger partial charge in [-0.05, 0) is 12.6 Å². The van der Waals surface area contributed by atoms with Gasteiger partial charge in [0, 0.05) is 33.0 Å². The molecule has 1 aliphatic heterocycles. The normalized spacial score (nSPS) is 18.5. The number of ether oxygens (including phenoxy) is 2. The van der Waals surface area contributed by atoms with Crippen molar-refractivity contribution in [2.24, 2.45) is 0 Å². The molecular formula is C15H22N2O3. The Hall–Kier alpha value is -1.59. The summed E-state index contributed by atoms with van der Waals surface area (Å²) in [7, 11) is 3.69. The Balaban J connectivity index is 1.83. The maximum Gasteiger partial charge on any atom is 0.409 e. The average Bonchev–Trinajstić information content (AvgIpc) is 2.49. The molecular weight excluding hydrogens is 256 g/mol. The Kier molecular flexibility index (Phi) is 4.98. The van der Waals surface area contributed by atoms with Gasteiger partial charge in [-0.15, -0.1) is 0 Å². The molecule has 0 spiro atoms. The highest BCUT2D eigenvalue weighted by Crippen LogP contribution is 2.22. The zero-order chi connectivity index (χ0) is 14.4. The summed E-state index contributed by atoms with van der Waals surface area (Å²) in [6, 6.07) is 9.63. The predicted octanol–water partition coefficient (Wildman–Crippen LogP) is 1.98. The van der Waals surface area contributed by atoms with Crippen LogP contribution in [0.4, 0.5) is 4.79 Å². The van der Waals surface area contributed by atoms with Gasteiger partial charge >= 0.3 is 6.09 Å². The van der Waals surface area contributed by atoms with Crippen LogP contribution < -0.4 is 5.32 Å². The summed E-state index contributed by atoms with van der Waals surface area (Å²) in [5.74, 6) is 0. The van der Waals surface area contributed by atoms with Crippen molar-refractivity contribution >= 4 is 6.09 Å². The van der Waals surface area contributed by atoms with Crippen molar-refractivity contribution in [2.45, 2.75) is 25.2 Å². The van der Waals surface area contributed by atoms with E-state index in [2.05, 4.69) is 17.3 Å². The fourth-order valence-corrected chi connectivity index (χ4v) is 2.31. The molecule has 110 valence electrons. The van der Waals surface area contributed by atoms with E-state index >= 15 is 0 Å². The molecule has 5 heteroatoms. The topological polar surface area (TPSA) is 50.8 Å². The molecule has 1 aliphatic rings. The summed E-state index contributed by atoms with van der Waals surface area (Å²) in [5.41, 5.74) is 0.373. The average molecular weight is 278 g/mol. The molecule has 1 saturated heterocycles. The highest BCUT2D eigenvalue weighted by Gasteiger charge is 2.35. The van der Waals surface area contributed by atoms with Crippen LogP contribution in [0.15, 0.2) is 30.3 Å². The van der Waals surface area contributed by atoms with Crippen LogP contribution in [0.5, 0.6) is 0 Å². The Morgan fingerprint density at radius 3 is 2.55 bits per heavy atom. The van der Waals surface area contributed by atoms with Gasteiger partial charge in [0.2, 0.25) is 0 Å². The molecule has 0 bridgehead atoms. The Bertz CT molecular complexity index is 428. The molecule has 0 atom stereocenters. The van der Waals surface area contributed by atoms with Crippen LogP contribution in [0.2, 0.25) is 0 Å². The molecule has 0 unspecified atom stereocenters. The third-order valence-corrected chi connectivity index (χ3v) is 3.73. The second-order valence-electron chi connectivity index (χ2n) is 5.19. The third-order valence-electron chi connectivity index (χ3n) is 3.73. The molecule has 5 nitrogen and oxygen atoms in total. The van der Waals surface area contributed by atoms with Crippen LogP contribution in [0.25, 0.3) is 0 Å². The molecule has 1 heterocycles. The van der Waals surface area contributed by atoms with E-state index in [-0.39, 0.29) is 6.61 Å². The number of nitrogens with zero attached hydrogens (tertiary/aromatic N) is 1. The lowest BCUT2D eigenvalue weighted by atomic mass is 10.0. The standard InChI is InChI=1S/C15H22N2O3/c1-17-10-8-15(19-2,9-11-17)16-14(18)20-12-13-6-4-3-5-7-13/h3-7H,8-12H2,1-2H3,(H,16,18). The van der Waals surface area contributed by atoms with Crippen LogP contribution >= 0.6 is 0 Å². The Morgan fingerprint density at radius 1 is 1.30 bits per heavy atom. The molecule has 1 aromatic rings. The molecule has 0 aromatic heterocycles. The fourth-order valence-electron chi connectivity index (χ4n) is 2.31. The highest BCUT2D eigenvalue weighted by atomic mass is 16.6. The van der Waals surface area contributed by atoms with Crippen molar-refractivity contribution < 1.29 is 14.3 Å².